The van der Waals surface area contributed by atoms with Gasteiger partial charge in [-0.1, -0.05) is 42.7 Å². The largest absolute Gasteiger partial charge is 0.330 e. The number of hydrogen-bond donors (Lipinski definition) is 2. The van der Waals surface area contributed by atoms with E-state index in [-0.39, 0.29) is 0 Å². The Balaban J connectivity index is 2.17. The van der Waals surface area contributed by atoms with E-state index in [1.165, 1.54) is 24.0 Å². The normalized spacial score (nSPS) is 11.8. The van der Waals surface area contributed by atoms with Crippen LogP contribution in [0.5, 0.6) is 0 Å². The monoisotopic (exact) mass is 402 g/mol. The molecule has 0 saturated carbocycles. The third-order valence-corrected chi connectivity index (χ3v) is 6.37. The second kappa shape index (κ2) is 14.7. The molecule has 0 spiro atoms. The zero-order valence-electron chi connectivity index (χ0n) is 16.0. The number of nitrogens with two attached hydrogens (primary N) is 2. The smallest absolute Gasteiger partial charge is 0.327 e. The first-order valence-electron chi connectivity index (χ1n) is 9.59. The van der Waals surface area contributed by atoms with Crippen molar-refractivity contribution in [2.24, 2.45) is 11.5 Å². The van der Waals surface area contributed by atoms with Crippen LogP contribution < -0.4 is 11.5 Å². The van der Waals surface area contributed by atoms with Gasteiger partial charge >= 0.3 is 6.72 Å². The summed E-state index contributed by atoms with van der Waals surface area (Å²) >= 11 is 5.47. The fourth-order valence-corrected chi connectivity index (χ4v) is 4.30. The molecule has 0 heterocycles. The molecule has 0 radical (unpaired) electrons. The van der Waals surface area contributed by atoms with E-state index in [0.717, 1.165) is 32.1 Å². The molecule has 1 rings (SSSR count). The molecule has 0 unspecified atom stereocenters. The van der Waals surface area contributed by atoms with Crippen LogP contribution in [0.1, 0.15) is 49.7 Å². The maximum atomic E-state index is 5.80. The topological polar surface area (TPSA) is 79.7 Å². The SMILES string of the molecule is Cc1ccc(CCCCCCOP(=S)(OCCCN)OCCCN)cc1. The van der Waals surface area contributed by atoms with Crippen molar-refractivity contribution in [1.29, 1.82) is 0 Å². The molecular weight excluding hydrogens is 367 g/mol. The van der Waals surface area contributed by atoms with Gasteiger partial charge in [-0.3, -0.25) is 0 Å². The van der Waals surface area contributed by atoms with Crippen LogP contribution in [-0.4, -0.2) is 32.9 Å². The van der Waals surface area contributed by atoms with Crippen molar-refractivity contribution in [2.45, 2.75) is 51.9 Å². The summed E-state index contributed by atoms with van der Waals surface area (Å²) in [7, 11) is 0. The first kappa shape index (κ1) is 23.7. The van der Waals surface area contributed by atoms with E-state index in [1.54, 1.807) is 0 Å². The highest BCUT2D eigenvalue weighted by molar-refractivity contribution is 8.07. The summed E-state index contributed by atoms with van der Waals surface area (Å²) in [6.45, 7) is 2.12. The minimum atomic E-state index is -2.66. The number of rotatable bonds is 16. The van der Waals surface area contributed by atoms with E-state index in [4.69, 9.17) is 36.8 Å². The van der Waals surface area contributed by atoms with E-state index in [1.807, 2.05) is 0 Å². The molecule has 1 aromatic rings. The van der Waals surface area contributed by atoms with Crippen molar-refractivity contribution in [1.82, 2.24) is 0 Å². The molecule has 0 aliphatic heterocycles. The lowest BCUT2D eigenvalue weighted by atomic mass is 10.1. The van der Waals surface area contributed by atoms with Crippen molar-refractivity contribution >= 4 is 18.5 Å². The zero-order chi connectivity index (χ0) is 19.1. The average Bonchev–Trinajstić information content (AvgIpc) is 2.63. The first-order chi connectivity index (χ1) is 12.6. The van der Waals surface area contributed by atoms with Crippen LogP contribution in [-0.2, 0) is 31.8 Å². The lowest BCUT2D eigenvalue weighted by molar-refractivity contribution is 0.153. The predicted molar refractivity (Wildman–Crippen MR) is 113 cm³/mol. The van der Waals surface area contributed by atoms with Crippen LogP contribution in [0.4, 0.5) is 0 Å². The summed E-state index contributed by atoms with van der Waals surface area (Å²) in [6.07, 6.45) is 7.09. The summed E-state index contributed by atoms with van der Waals surface area (Å²) in [5.74, 6) is 0. The third kappa shape index (κ3) is 11.4. The second-order valence-corrected chi connectivity index (χ2v) is 9.39. The van der Waals surface area contributed by atoms with Gasteiger partial charge in [0, 0.05) is 0 Å². The van der Waals surface area contributed by atoms with E-state index >= 15 is 0 Å². The van der Waals surface area contributed by atoms with Gasteiger partial charge in [0.2, 0.25) is 0 Å². The van der Waals surface area contributed by atoms with E-state index in [2.05, 4.69) is 31.2 Å². The van der Waals surface area contributed by atoms with Crippen molar-refractivity contribution in [2.75, 3.05) is 32.9 Å². The molecule has 0 saturated heterocycles. The zero-order valence-corrected chi connectivity index (χ0v) is 17.7. The molecule has 0 amide bonds. The predicted octanol–water partition coefficient (Wildman–Crippen LogP) is 4.07. The standard InChI is InChI=1S/C19H35N2O3PS/c1-18-9-11-19(12-10-18)8-4-2-3-5-15-22-25(26,23-16-6-13-20)24-17-7-14-21/h9-12H,2-8,13-17,20-21H2,1H3. The quantitative estimate of drug-likeness (QED) is 0.320. The highest BCUT2D eigenvalue weighted by atomic mass is 32.5. The van der Waals surface area contributed by atoms with Crippen molar-refractivity contribution in [3.8, 4) is 0 Å². The van der Waals surface area contributed by atoms with Crippen LogP contribution >= 0.6 is 6.72 Å². The Hall–Kier alpha value is -0.330. The Morgan fingerprint density at radius 2 is 1.27 bits per heavy atom. The Morgan fingerprint density at radius 1 is 0.769 bits per heavy atom. The van der Waals surface area contributed by atoms with Gasteiger partial charge in [0.05, 0.1) is 19.8 Å². The summed E-state index contributed by atoms with van der Waals surface area (Å²) in [5.41, 5.74) is 13.7. The molecule has 0 atom stereocenters. The fraction of sp³-hybridized carbons (Fsp3) is 0.684. The van der Waals surface area contributed by atoms with Gasteiger partial charge < -0.3 is 25.0 Å². The van der Waals surface area contributed by atoms with Crippen molar-refractivity contribution in [3.63, 3.8) is 0 Å². The third-order valence-electron chi connectivity index (χ3n) is 3.93. The van der Waals surface area contributed by atoms with E-state index in [9.17, 15) is 0 Å². The number of benzene rings is 1. The number of aryl methyl sites for hydroxylation is 2. The minimum Gasteiger partial charge on any atom is -0.330 e. The Bertz CT molecular complexity index is 500. The van der Waals surface area contributed by atoms with Gasteiger partial charge in [0.1, 0.15) is 0 Å². The molecule has 0 bridgehead atoms. The van der Waals surface area contributed by atoms with Crippen LogP contribution in [0.15, 0.2) is 24.3 Å². The van der Waals surface area contributed by atoms with Gasteiger partial charge in [0.15, 0.2) is 0 Å². The van der Waals surface area contributed by atoms with E-state index in [0.29, 0.717) is 32.9 Å². The average molecular weight is 403 g/mol. The Morgan fingerprint density at radius 3 is 1.81 bits per heavy atom. The molecule has 7 heteroatoms. The summed E-state index contributed by atoms with van der Waals surface area (Å²) < 4.78 is 17.1. The van der Waals surface area contributed by atoms with Crippen molar-refractivity contribution in [3.05, 3.63) is 35.4 Å². The van der Waals surface area contributed by atoms with Gasteiger partial charge in [-0.2, -0.15) is 0 Å². The summed E-state index contributed by atoms with van der Waals surface area (Å²) in [4.78, 5) is 0. The molecule has 1 aromatic carbocycles. The van der Waals surface area contributed by atoms with Crippen LogP contribution in [0.3, 0.4) is 0 Å². The lowest BCUT2D eigenvalue weighted by Crippen LogP contribution is -2.09. The number of unbranched alkanes of at least 4 members (excludes halogenated alkanes) is 3. The molecule has 4 N–H and O–H groups in total. The van der Waals surface area contributed by atoms with Crippen LogP contribution in [0.2, 0.25) is 0 Å². The molecule has 0 aliphatic rings. The molecule has 5 nitrogen and oxygen atoms in total. The maximum absolute atomic E-state index is 5.80. The molecule has 0 fully saturated rings. The van der Waals surface area contributed by atoms with Crippen molar-refractivity contribution < 1.29 is 13.6 Å². The summed E-state index contributed by atoms with van der Waals surface area (Å²) in [6, 6.07) is 8.77. The van der Waals surface area contributed by atoms with E-state index < -0.39 is 6.72 Å². The van der Waals surface area contributed by atoms with Gasteiger partial charge in [0.25, 0.3) is 0 Å². The highest BCUT2D eigenvalue weighted by Crippen LogP contribution is 2.50. The fourth-order valence-electron chi connectivity index (χ4n) is 2.35. The Labute approximate surface area is 164 Å². The maximum Gasteiger partial charge on any atom is 0.327 e. The van der Waals surface area contributed by atoms with Crippen LogP contribution in [0.25, 0.3) is 0 Å². The molecule has 0 aromatic heterocycles. The van der Waals surface area contributed by atoms with Gasteiger partial charge in [-0.25, -0.2) is 0 Å². The molecule has 26 heavy (non-hydrogen) atoms. The van der Waals surface area contributed by atoms with Gasteiger partial charge in [-0.05, 0) is 69.5 Å². The Kier molecular flexibility index (Phi) is 13.4. The first-order valence-corrected chi connectivity index (χ1v) is 12.1. The molecule has 0 aliphatic carbocycles. The highest BCUT2D eigenvalue weighted by Gasteiger charge is 2.20. The summed E-state index contributed by atoms with van der Waals surface area (Å²) in [5, 5.41) is 0. The second-order valence-electron chi connectivity index (χ2n) is 6.38. The molecular formula is C19H35N2O3PS. The number of hydrogen-bond acceptors (Lipinski definition) is 6. The minimum absolute atomic E-state index is 0.479. The van der Waals surface area contributed by atoms with Gasteiger partial charge in [-0.15, -0.1) is 0 Å². The molecule has 150 valence electrons. The lowest BCUT2D eigenvalue weighted by Gasteiger charge is -2.21. The van der Waals surface area contributed by atoms with Crippen LogP contribution in [0, 0.1) is 6.92 Å².